The van der Waals surface area contributed by atoms with Crippen molar-refractivity contribution in [1.29, 1.82) is 0 Å². The molecular weight excluding hydrogens is 223 g/mol. The highest BCUT2D eigenvalue weighted by Gasteiger charge is 2.24. The van der Waals surface area contributed by atoms with E-state index in [4.69, 9.17) is 0 Å². The number of anilines is 1. The normalized spacial score (nSPS) is 14.8. The van der Waals surface area contributed by atoms with Gasteiger partial charge in [0.2, 0.25) is 0 Å². The summed E-state index contributed by atoms with van der Waals surface area (Å²) in [5.74, 6) is -1.71. The Morgan fingerprint density at radius 3 is 2.59 bits per heavy atom. The molecule has 90 valence electrons. The van der Waals surface area contributed by atoms with Crippen LogP contribution in [0.2, 0.25) is 0 Å². The van der Waals surface area contributed by atoms with E-state index in [9.17, 15) is 14.0 Å². The van der Waals surface area contributed by atoms with Crippen molar-refractivity contribution >= 4 is 17.5 Å². The lowest BCUT2D eigenvalue weighted by Crippen LogP contribution is -2.37. The molecule has 2 amide bonds. The molecule has 4 nitrogen and oxygen atoms in total. The number of benzene rings is 1. The van der Waals surface area contributed by atoms with Crippen LogP contribution in [0.15, 0.2) is 24.3 Å². The molecule has 0 unspecified atom stereocenters. The average molecular weight is 236 g/mol. The first kappa shape index (κ1) is 11.6. The van der Waals surface area contributed by atoms with E-state index in [0.717, 1.165) is 12.8 Å². The van der Waals surface area contributed by atoms with Crippen LogP contribution in [-0.4, -0.2) is 29.8 Å². The maximum atomic E-state index is 12.9. The smallest absolute Gasteiger partial charge is 0.313 e. The molecule has 0 bridgehead atoms. The Balaban J connectivity index is 1.99. The molecule has 5 heteroatoms. The molecule has 1 N–H and O–H groups in total. The van der Waals surface area contributed by atoms with E-state index in [1.807, 2.05) is 0 Å². The molecule has 2 rings (SSSR count). The predicted molar refractivity (Wildman–Crippen MR) is 60.8 cm³/mol. The van der Waals surface area contributed by atoms with E-state index in [2.05, 4.69) is 5.32 Å². The van der Waals surface area contributed by atoms with E-state index in [0.29, 0.717) is 18.8 Å². The highest BCUT2D eigenvalue weighted by atomic mass is 19.1. The first-order valence-electron chi connectivity index (χ1n) is 5.52. The molecule has 0 saturated carbocycles. The Morgan fingerprint density at radius 2 is 1.94 bits per heavy atom. The van der Waals surface area contributed by atoms with Gasteiger partial charge >= 0.3 is 11.8 Å². The fraction of sp³-hybridized carbons (Fsp3) is 0.333. The molecule has 1 fully saturated rings. The Kier molecular flexibility index (Phi) is 3.37. The third-order valence-electron chi connectivity index (χ3n) is 2.67. The zero-order valence-electron chi connectivity index (χ0n) is 9.28. The SMILES string of the molecule is O=C(Nc1cccc(F)c1)C(=O)N1CCCC1. The van der Waals surface area contributed by atoms with Crippen LogP contribution >= 0.6 is 0 Å². The van der Waals surface area contributed by atoms with Gasteiger partial charge in [-0.25, -0.2) is 4.39 Å². The first-order chi connectivity index (χ1) is 8.16. The molecule has 1 saturated heterocycles. The highest BCUT2D eigenvalue weighted by Crippen LogP contribution is 2.11. The zero-order chi connectivity index (χ0) is 12.3. The number of carbonyl (C=O) groups is 2. The second kappa shape index (κ2) is 4.95. The summed E-state index contributed by atoms with van der Waals surface area (Å²) in [6, 6.07) is 5.47. The van der Waals surface area contributed by atoms with Gasteiger partial charge in [-0.2, -0.15) is 0 Å². The molecule has 0 radical (unpaired) electrons. The standard InChI is InChI=1S/C12H13FN2O2/c13-9-4-3-5-10(8-9)14-11(16)12(17)15-6-1-2-7-15/h3-5,8H,1-2,6-7H2,(H,14,16). The molecule has 1 heterocycles. The minimum atomic E-state index is -0.711. The fourth-order valence-corrected chi connectivity index (χ4v) is 1.81. The van der Waals surface area contributed by atoms with E-state index < -0.39 is 17.6 Å². The Bertz CT molecular complexity index is 442. The van der Waals surface area contributed by atoms with Gasteiger partial charge in [-0.1, -0.05) is 6.07 Å². The Morgan fingerprint density at radius 1 is 1.24 bits per heavy atom. The maximum Gasteiger partial charge on any atom is 0.313 e. The second-order valence-corrected chi connectivity index (χ2v) is 3.96. The molecular formula is C12H13FN2O2. The molecule has 0 aromatic heterocycles. The molecule has 1 aromatic rings. The molecule has 1 aromatic carbocycles. The summed E-state index contributed by atoms with van der Waals surface area (Å²) in [6.07, 6.45) is 1.86. The van der Waals surface area contributed by atoms with Crippen molar-refractivity contribution in [3.05, 3.63) is 30.1 Å². The highest BCUT2D eigenvalue weighted by molar-refractivity contribution is 6.39. The van der Waals surface area contributed by atoms with Crippen molar-refractivity contribution in [1.82, 2.24) is 4.90 Å². The molecule has 0 atom stereocenters. The quantitative estimate of drug-likeness (QED) is 0.749. The van der Waals surface area contributed by atoms with Crippen LogP contribution in [-0.2, 0) is 9.59 Å². The average Bonchev–Trinajstić information content (AvgIpc) is 2.81. The molecule has 17 heavy (non-hydrogen) atoms. The van der Waals surface area contributed by atoms with E-state index in [1.165, 1.54) is 29.2 Å². The number of rotatable bonds is 1. The minimum Gasteiger partial charge on any atom is -0.334 e. The number of likely N-dealkylation sites (tertiary alicyclic amines) is 1. The molecule has 0 spiro atoms. The van der Waals surface area contributed by atoms with Crippen molar-refractivity contribution in [2.24, 2.45) is 0 Å². The van der Waals surface area contributed by atoms with Crippen LogP contribution in [0.3, 0.4) is 0 Å². The number of hydrogen-bond donors (Lipinski definition) is 1. The van der Waals surface area contributed by atoms with Crippen molar-refractivity contribution in [3.8, 4) is 0 Å². The summed E-state index contributed by atoms with van der Waals surface area (Å²) in [5, 5.41) is 2.39. The summed E-state index contributed by atoms with van der Waals surface area (Å²) < 4.78 is 12.9. The maximum absolute atomic E-state index is 12.9. The Labute approximate surface area is 98.4 Å². The lowest BCUT2D eigenvalue weighted by molar-refractivity contribution is -0.142. The van der Waals surface area contributed by atoms with Crippen LogP contribution in [0.25, 0.3) is 0 Å². The van der Waals surface area contributed by atoms with Gasteiger partial charge in [-0.15, -0.1) is 0 Å². The fourth-order valence-electron chi connectivity index (χ4n) is 1.81. The molecule has 1 aliphatic rings. The summed E-state index contributed by atoms with van der Waals surface area (Å²) in [6.45, 7) is 1.24. The van der Waals surface area contributed by atoms with Crippen LogP contribution < -0.4 is 5.32 Å². The number of halogens is 1. The van der Waals surface area contributed by atoms with Gasteiger partial charge in [-0.3, -0.25) is 9.59 Å². The number of nitrogens with zero attached hydrogens (tertiary/aromatic N) is 1. The van der Waals surface area contributed by atoms with E-state index in [1.54, 1.807) is 0 Å². The number of amides is 2. The monoisotopic (exact) mass is 236 g/mol. The molecule has 1 aliphatic heterocycles. The summed E-state index contributed by atoms with van der Waals surface area (Å²) >= 11 is 0. The summed E-state index contributed by atoms with van der Waals surface area (Å²) in [4.78, 5) is 24.7. The van der Waals surface area contributed by atoms with Crippen LogP contribution in [0.4, 0.5) is 10.1 Å². The van der Waals surface area contributed by atoms with Gasteiger partial charge in [0, 0.05) is 18.8 Å². The third-order valence-corrected chi connectivity index (χ3v) is 2.67. The molecule has 0 aliphatic carbocycles. The van der Waals surface area contributed by atoms with Crippen molar-refractivity contribution in [2.45, 2.75) is 12.8 Å². The van der Waals surface area contributed by atoms with E-state index in [-0.39, 0.29) is 0 Å². The van der Waals surface area contributed by atoms with Crippen LogP contribution in [0.5, 0.6) is 0 Å². The predicted octanol–water partition coefficient (Wildman–Crippen LogP) is 1.39. The summed E-state index contributed by atoms with van der Waals surface area (Å²) in [5.41, 5.74) is 0.294. The van der Waals surface area contributed by atoms with Gasteiger partial charge in [0.15, 0.2) is 0 Å². The number of hydrogen-bond acceptors (Lipinski definition) is 2. The lowest BCUT2D eigenvalue weighted by Gasteiger charge is -2.14. The van der Waals surface area contributed by atoms with Crippen LogP contribution in [0.1, 0.15) is 12.8 Å². The van der Waals surface area contributed by atoms with Crippen LogP contribution in [0, 0.1) is 5.82 Å². The van der Waals surface area contributed by atoms with Crippen molar-refractivity contribution in [3.63, 3.8) is 0 Å². The van der Waals surface area contributed by atoms with Gasteiger partial charge in [0.1, 0.15) is 5.82 Å². The Hall–Kier alpha value is -1.91. The van der Waals surface area contributed by atoms with Gasteiger partial charge in [0.25, 0.3) is 0 Å². The van der Waals surface area contributed by atoms with E-state index >= 15 is 0 Å². The van der Waals surface area contributed by atoms with Gasteiger partial charge in [-0.05, 0) is 31.0 Å². The van der Waals surface area contributed by atoms with Gasteiger partial charge in [0.05, 0.1) is 0 Å². The van der Waals surface area contributed by atoms with Gasteiger partial charge < -0.3 is 10.2 Å². The topological polar surface area (TPSA) is 49.4 Å². The largest absolute Gasteiger partial charge is 0.334 e. The minimum absolute atomic E-state index is 0.294. The van der Waals surface area contributed by atoms with Crippen molar-refractivity contribution in [2.75, 3.05) is 18.4 Å². The summed E-state index contributed by atoms with van der Waals surface area (Å²) in [7, 11) is 0. The third kappa shape index (κ3) is 2.81. The number of nitrogens with one attached hydrogen (secondary N) is 1. The zero-order valence-corrected chi connectivity index (χ0v) is 9.28. The van der Waals surface area contributed by atoms with Crippen molar-refractivity contribution < 1.29 is 14.0 Å². The first-order valence-corrected chi connectivity index (χ1v) is 5.52. The second-order valence-electron chi connectivity index (χ2n) is 3.96. The lowest BCUT2D eigenvalue weighted by atomic mass is 10.3. The number of carbonyl (C=O) groups excluding carboxylic acids is 2.